The fraction of sp³-hybridized carbons (Fsp3) is 0.222. The molecule has 138 valence electrons. The van der Waals surface area contributed by atoms with Gasteiger partial charge in [0.25, 0.3) is 5.91 Å². The van der Waals surface area contributed by atoms with Gasteiger partial charge in [-0.05, 0) is 57.2 Å². The van der Waals surface area contributed by atoms with E-state index in [-0.39, 0.29) is 10.5 Å². The van der Waals surface area contributed by atoms with Crippen molar-refractivity contribution in [3.63, 3.8) is 0 Å². The maximum atomic E-state index is 13.3. The Morgan fingerprint density at radius 2 is 1.62 bits per heavy atom. The van der Waals surface area contributed by atoms with Crippen LogP contribution in [0.1, 0.15) is 31.1 Å². The largest absolute Gasteiger partial charge is 0.444 e. The quantitative estimate of drug-likeness (QED) is 0.877. The van der Waals surface area contributed by atoms with E-state index in [1.54, 1.807) is 39.0 Å². The van der Waals surface area contributed by atoms with E-state index < -0.39 is 33.3 Å². The van der Waals surface area contributed by atoms with Crippen LogP contribution in [0.2, 0.25) is 0 Å². The Balaban J connectivity index is 2.41. The molecule has 0 fully saturated rings. The molecule has 0 aliphatic heterocycles. The standard InChI is InChI=1S/C18H19FN2O4S/c1-18(2,3)25-17(23)21-26(24,15-7-5-4-6-8-15)20-16(22)13-9-11-14(19)12-10-13/h4-12H,1-3H3,(H,20,21,22,23,24). The molecular weight excluding hydrogens is 359 g/mol. The second-order valence-electron chi connectivity index (χ2n) is 6.35. The minimum absolute atomic E-state index is 0.0782. The molecule has 0 bridgehead atoms. The fourth-order valence-electron chi connectivity index (χ4n) is 1.91. The van der Waals surface area contributed by atoms with Crippen LogP contribution < -0.4 is 4.72 Å². The van der Waals surface area contributed by atoms with Gasteiger partial charge < -0.3 is 4.74 Å². The van der Waals surface area contributed by atoms with Gasteiger partial charge in [0.15, 0.2) is 9.92 Å². The topological polar surface area (TPSA) is 84.8 Å². The summed E-state index contributed by atoms with van der Waals surface area (Å²) in [5, 5.41) is 0. The van der Waals surface area contributed by atoms with Gasteiger partial charge >= 0.3 is 6.09 Å². The molecular formula is C18H19FN2O4S. The van der Waals surface area contributed by atoms with Crippen LogP contribution in [-0.2, 0) is 14.7 Å². The first-order chi connectivity index (χ1) is 12.1. The van der Waals surface area contributed by atoms with Crippen LogP contribution in [0, 0.1) is 5.82 Å². The fourth-order valence-corrected chi connectivity index (χ4v) is 3.32. The van der Waals surface area contributed by atoms with Gasteiger partial charge in [-0.15, -0.1) is 4.36 Å². The SMILES string of the molecule is CC(C)(C)OC(=O)N=S(=O)(NC(=O)c1ccc(F)cc1)c1ccccc1. The zero-order valence-electron chi connectivity index (χ0n) is 14.6. The zero-order valence-corrected chi connectivity index (χ0v) is 15.4. The summed E-state index contributed by atoms with van der Waals surface area (Å²) in [5.74, 6) is -1.27. The molecule has 0 aliphatic carbocycles. The number of ether oxygens (including phenoxy) is 1. The Morgan fingerprint density at radius 1 is 1.04 bits per heavy atom. The smallest absolute Gasteiger partial charge is 0.442 e. The summed E-state index contributed by atoms with van der Waals surface area (Å²) in [4.78, 5) is 24.6. The van der Waals surface area contributed by atoms with Crippen molar-refractivity contribution in [3.05, 3.63) is 66.0 Å². The van der Waals surface area contributed by atoms with Gasteiger partial charge in [-0.1, -0.05) is 18.2 Å². The van der Waals surface area contributed by atoms with Gasteiger partial charge in [0, 0.05) is 5.56 Å². The summed E-state index contributed by atoms with van der Waals surface area (Å²) in [5.41, 5.74) is -0.757. The van der Waals surface area contributed by atoms with Crippen molar-refractivity contribution in [1.82, 2.24) is 4.72 Å². The number of hydrogen-bond acceptors (Lipinski definition) is 4. The van der Waals surface area contributed by atoms with Crippen molar-refractivity contribution in [3.8, 4) is 0 Å². The molecule has 26 heavy (non-hydrogen) atoms. The number of benzene rings is 2. The highest BCUT2D eigenvalue weighted by molar-refractivity contribution is 7.92. The van der Waals surface area contributed by atoms with E-state index in [2.05, 4.69) is 9.08 Å². The van der Waals surface area contributed by atoms with Crippen molar-refractivity contribution in [2.24, 2.45) is 4.36 Å². The van der Waals surface area contributed by atoms with Crippen LogP contribution in [0.4, 0.5) is 9.18 Å². The zero-order chi connectivity index (χ0) is 19.4. The predicted molar refractivity (Wildman–Crippen MR) is 95.4 cm³/mol. The third-order valence-electron chi connectivity index (χ3n) is 3.00. The number of carbonyl (C=O) groups is 2. The van der Waals surface area contributed by atoms with E-state index in [1.807, 2.05) is 0 Å². The van der Waals surface area contributed by atoms with Gasteiger partial charge in [-0.25, -0.2) is 13.4 Å². The van der Waals surface area contributed by atoms with Crippen LogP contribution in [0.3, 0.4) is 0 Å². The predicted octanol–water partition coefficient (Wildman–Crippen LogP) is 3.93. The number of carbonyl (C=O) groups excluding carboxylic acids is 2. The van der Waals surface area contributed by atoms with Crippen molar-refractivity contribution in [2.75, 3.05) is 0 Å². The molecule has 0 aromatic heterocycles. The third-order valence-corrected chi connectivity index (χ3v) is 4.78. The monoisotopic (exact) mass is 378 g/mol. The van der Waals surface area contributed by atoms with Gasteiger partial charge in [-0.3, -0.25) is 9.52 Å². The van der Waals surface area contributed by atoms with E-state index >= 15 is 0 Å². The van der Waals surface area contributed by atoms with Crippen molar-refractivity contribution in [2.45, 2.75) is 31.3 Å². The maximum Gasteiger partial charge on any atom is 0.444 e. The number of nitrogens with one attached hydrogen (secondary N) is 1. The first-order valence-electron chi connectivity index (χ1n) is 7.72. The lowest BCUT2D eigenvalue weighted by Crippen LogP contribution is -2.32. The van der Waals surface area contributed by atoms with E-state index in [4.69, 9.17) is 4.74 Å². The van der Waals surface area contributed by atoms with Crippen LogP contribution in [0.15, 0.2) is 63.9 Å². The van der Waals surface area contributed by atoms with Gasteiger partial charge in [0.2, 0.25) is 0 Å². The molecule has 0 saturated heterocycles. The lowest BCUT2D eigenvalue weighted by molar-refractivity contribution is 0.0607. The Morgan fingerprint density at radius 3 is 2.15 bits per heavy atom. The number of amides is 2. The molecule has 2 rings (SSSR count). The Bertz CT molecular complexity index is 912. The number of nitrogens with zero attached hydrogens (tertiary/aromatic N) is 1. The maximum absolute atomic E-state index is 13.3. The molecule has 0 saturated carbocycles. The Hall–Kier alpha value is -2.74. The highest BCUT2D eigenvalue weighted by Crippen LogP contribution is 2.15. The summed E-state index contributed by atoms with van der Waals surface area (Å²) in [6.45, 7) is 4.92. The second kappa shape index (κ2) is 7.65. The first kappa shape index (κ1) is 19.6. The molecule has 1 N–H and O–H groups in total. The van der Waals surface area contributed by atoms with Gasteiger partial charge in [0.05, 0.1) is 4.90 Å². The van der Waals surface area contributed by atoms with Crippen LogP contribution >= 0.6 is 0 Å². The van der Waals surface area contributed by atoms with Crippen LogP contribution in [0.5, 0.6) is 0 Å². The molecule has 1 unspecified atom stereocenters. The first-order valence-corrected chi connectivity index (χ1v) is 9.23. The Labute approximate surface area is 151 Å². The van der Waals surface area contributed by atoms with Crippen molar-refractivity contribution >= 4 is 21.9 Å². The average Bonchev–Trinajstić information content (AvgIpc) is 2.54. The summed E-state index contributed by atoms with van der Waals surface area (Å²) in [7, 11) is -3.64. The van der Waals surface area contributed by atoms with Crippen LogP contribution in [0.25, 0.3) is 0 Å². The number of hydrogen-bond donors (Lipinski definition) is 1. The highest BCUT2D eigenvalue weighted by atomic mass is 32.2. The number of halogens is 1. The molecule has 2 aromatic carbocycles. The van der Waals surface area contributed by atoms with E-state index in [1.165, 1.54) is 24.3 Å². The number of rotatable bonds is 3. The van der Waals surface area contributed by atoms with Gasteiger partial charge in [0.1, 0.15) is 11.4 Å². The molecule has 6 nitrogen and oxygen atoms in total. The molecule has 2 amide bonds. The lowest BCUT2D eigenvalue weighted by atomic mass is 10.2. The van der Waals surface area contributed by atoms with E-state index in [0.717, 1.165) is 12.1 Å². The summed E-state index contributed by atoms with van der Waals surface area (Å²) >= 11 is 0. The van der Waals surface area contributed by atoms with Crippen molar-refractivity contribution in [1.29, 1.82) is 0 Å². The van der Waals surface area contributed by atoms with Crippen molar-refractivity contribution < 1.29 is 22.9 Å². The average molecular weight is 378 g/mol. The summed E-state index contributed by atoms with van der Waals surface area (Å²) < 4.78 is 37.2. The molecule has 2 aromatic rings. The van der Waals surface area contributed by atoms with Gasteiger partial charge in [-0.2, -0.15) is 0 Å². The lowest BCUT2D eigenvalue weighted by Gasteiger charge is -2.18. The molecule has 0 radical (unpaired) electrons. The minimum Gasteiger partial charge on any atom is -0.442 e. The van der Waals surface area contributed by atoms with E-state index in [0.29, 0.717) is 0 Å². The highest BCUT2D eigenvalue weighted by Gasteiger charge is 2.22. The molecule has 1 atom stereocenters. The third kappa shape index (κ3) is 5.38. The minimum atomic E-state index is -3.64. The summed E-state index contributed by atoms with van der Waals surface area (Å²) in [6.07, 6.45) is -1.06. The molecule has 0 heterocycles. The Kier molecular flexibility index (Phi) is 5.76. The molecule has 0 spiro atoms. The van der Waals surface area contributed by atoms with Crippen LogP contribution in [-0.4, -0.2) is 21.8 Å². The second-order valence-corrected chi connectivity index (χ2v) is 8.26. The van der Waals surface area contributed by atoms with E-state index in [9.17, 15) is 18.2 Å². The normalized spacial score (nSPS) is 13.4. The molecule has 8 heteroatoms. The molecule has 0 aliphatic rings. The summed E-state index contributed by atoms with van der Waals surface area (Å²) in [6, 6.07) is 12.5.